The molecule has 1 aromatic carbocycles. The lowest BCUT2D eigenvalue weighted by Crippen LogP contribution is -2.36. The Morgan fingerprint density at radius 3 is 2.22 bits per heavy atom. The van der Waals surface area contributed by atoms with Crippen molar-refractivity contribution in [3.05, 3.63) is 29.3 Å². The van der Waals surface area contributed by atoms with Crippen molar-refractivity contribution in [2.75, 3.05) is 26.3 Å². The van der Waals surface area contributed by atoms with Gasteiger partial charge in [0.15, 0.2) is 0 Å². The van der Waals surface area contributed by atoms with E-state index >= 15 is 0 Å². The van der Waals surface area contributed by atoms with Crippen molar-refractivity contribution in [1.82, 2.24) is 4.90 Å². The van der Waals surface area contributed by atoms with Crippen molar-refractivity contribution >= 4 is 0 Å². The lowest BCUT2D eigenvalue weighted by molar-refractivity contribution is 0.141. The predicted molar refractivity (Wildman–Crippen MR) is 75.2 cm³/mol. The van der Waals surface area contributed by atoms with Crippen molar-refractivity contribution in [2.45, 2.75) is 33.7 Å². The lowest BCUT2D eigenvalue weighted by atomic mass is 10.1. The molecule has 0 saturated heterocycles. The summed E-state index contributed by atoms with van der Waals surface area (Å²) in [5.41, 5.74) is 2.45. The lowest BCUT2D eigenvalue weighted by Gasteiger charge is -2.25. The van der Waals surface area contributed by atoms with Crippen molar-refractivity contribution in [1.29, 1.82) is 0 Å². The van der Waals surface area contributed by atoms with Gasteiger partial charge in [-0.05, 0) is 51.0 Å². The molecule has 0 bridgehead atoms. The van der Waals surface area contributed by atoms with E-state index in [-0.39, 0.29) is 6.61 Å². The third kappa shape index (κ3) is 5.07. The van der Waals surface area contributed by atoms with E-state index < -0.39 is 0 Å². The molecule has 0 unspecified atom stereocenters. The van der Waals surface area contributed by atoms with Crippen LogP contribution >= 0.6 is 0 Å². The normalized spacial score (nSPS) is 11.3. The Labute approximate surface area is 110 Å². The average Bonchev–Trinajstić information content (AvgIpc) is 2.26. The van der Waals surface area contributed by atoms with Crippen molar-refractivity contribution in [3.63, 3.8) is 0 Å². The molecule has 1 N–H and O–H groups in total. The Bertz CT molecular complexity index is 343. The zero-order valence-corrected chi connectivity index (χ0v) is 11.9. The molecule has 0 saturated carbocycles. The van der Waals surface area contributed by atoms with Crippen LogP contribution in [0.5, 0.6) is 5.75 Å². The fraction of sp³-hybridized carbons (Fsp3) is 0.600. The minimum atomic E-state index is 0.196. The first-order valence-electron chi connectivity index (χ1n) is 6.59. The Morgan fingerprint density at radius 2 is 1.72 bits per heavy atom. The van der Waals surface area contributed by atoms with Gasteiger partial charge in [-0.1, -0.05) is 6.07 Å². The number of aryl methyl sites for hydroxylation is 2. The van der Waals surface area contributed by atoms with E-state index in [1.54, 1.807) is 0 Å². The predicted octanol–water partition coefficient (Wildman–Crippen LogP) is 2.38. The standard InChI is InChI=1S/C15H25NO2/c1-12(2)16(5-7-17)6-8-18-15-10-13(3)9-14(4)11-15/h9-12,17H,5-8H2,1-4H3. The largest absolute Gasteiger partial charge is 0.492 e. The van der Waals surface area contributed by atoms with Gasteiger partial charge in [-0.3, -0.25) is 4.90 Å². The molecule has 1 rings (SSSR count). The van der Waals surface area contributed by atoms with Crippen LogP contribution in [0.3, 0.4) is 0 Å². The van der Waals surface area contributed by atoms with E-state index in [4.69, 9.17) is 9.84 Å². The van der Waals surface area contributed by atoms with Gasteiger partial charge in [-0.2, -0.15) is 0 Å². The molecule has 0 radical (unpaired) electrons. The summed E-state index contributed by atoms with van der Waals surface area (Å²) < 4.78 is 5.77. The number of aliphatic hydroxyl groups excluding tert-OH is 1. The second kappa shape index (κ2) is 7.39. The van der Waals surface area contributed by atoms with Crippen LogP contribution in [0.2, 0.25) is 0 Å². The van der Waals surface area contributed by atoms with E-state index in [0.29, 0.717) is 19.2 Å². The van der Waals surface area contributed by atoms with Crippen LogP contribution in [-0.2, 0) is 0 Å². The number of aliphatic hydroxyl groups is 1. The van der Waals surface area contributed by atoms with E-state index in [1.807, 2.05) is 0 Å². The third-order valence-electron chi connectivity index (χ3n) is 2.96. The molecule has 0 aliphatic heterocycles. The van der Waals surface area contributed by atoms with Gasteiger partial charge < -0.3 is 9.84 Å². The molecule has 0 aliphatic carbocycles. The van der Waals surface area contributed by atoms with Crippen molar-refractivity contribution in [3.8, 4) is 5.75 Å². The quantitative estimate of drug-likeness (QED) is 0.807. The summed E-state index contributed by atoms with van der Waals surface area (Å²) >= 11 is 0. The molecule has 0 fully saturated rings. The maximum Gasteiger partial charge on any atom is 0.119 e. The first kappa shape index (κ1) is 15.0. The van der Waals surface area contributed by atoms with Crippen LogP contribution in [0.4, 0.5) is 0 Å². The second-order valence-corrected chi connectivity index (χ2v) is 5.03. The Hall–Kier alpha value is -1.06. The van der Waals surface area contributed by atoms with Crippen molar-refractivity contribution in [2.24, 2.45) is 0 Å². The van der Waals surface area contributed by atoms with Gasteiger partial charge in [-0.15, -0.1) is 0 Å². The average molecular weight is 251 g/mol. The van der Waals surface area contributed by atoms with Gasteiger partial charge in [0, 0.05) is 19.1 Å². The number of hydrogen-bond acceptors (Lipinski definition) is 3. The summed E-state index contributed by atoms with van der Waals surface area (Å²) in [7, 11) is 0. The van der Waals surface area contributed by atoms with Gasteiger partial charge in [0.2, 0.25) is 0 Å². The highest BCUT2D eigenvalue weighted by atomic mass is 16.5. The smallest absolute Gasteiger partial charge is 0.119 e. The zero-order chi connectivity index (χ0) is 13.5. The highest BCUT2D eigenvalue weighted by molar-refractivity contribution is 5.32. The maximum absolute atomic E-state index is 8.99. The molecule has 102 valence electrons. The number of hydrogen-bond donors (Lipinski definition) is 1. The first-order chi connectivity index (χ1) is 8.52. The fourth-order valence-electron chi connectivity index (χ4n) is 2.05. The molecule has 3 heteroatoms. The van der Waals surface area contributed by atoms with Crippen LogP contribution in [0, 0.1) is 13.8 Å². The summed E-state index contributed by atoms with van der Waals surface area (Å²) in [6.07, 6.45) is 0. The SMILES string of the molecule is Cc1cc(C)cc(OCCN(CCO)C(C)C)c1. The molecule has 0 heterocycles. The maximum atomic E-state index is 8.99. The van der Waals surface area contributed by atoms with Crippen LogP contribution in [-0.4, -0.2) is 42.4 Å². The highest BCUT2D eigenvalue weighted by Gasteiger charge is 2.08. The zero-order valence-electron chi connectivity index (χ0n) is 11.9. The molecule has 18 heavy (non-hydrogen) atoms. The van der Waals surface area contributed by atoms with Gasteiger partial charge >= 0.3 is 0 Å². The van der Waals surface area contributed by atoms with E-state index in [2.05, 4.69) is 50.8 Å². The van der Waals surface area contributed by atoms with Crippen molar-refractivity contribution < 1.29 is 9.84 Å². The van der Waals surface area contributed by atoms with Crippen LogP contribution in [0.1, 0.15) is 25.0 Å². The molecule has 0 aromatic heterocycles. The van der Waals surface area contributed by atoms with Crippen LogP contribution in [0.15, 0.2) is 18.2 Å². The molecule has 1 aromatic rings. The van der Waals surface area contributed by atoms with E-state index in [1.165, 1.54) is 11.1 Å². The van der Waals surface area contributed by atoms with E-state index in [0.717, 1.165) is 12.3 Å². The molecule has 0 atom stereocenters. The number of rotatable bonds is 7. The minimum Gasteiger partial charge on any atom is -0.492 e. The Balaban J connectivity index is 2.44. The molecule has 0 amide bonds. The molecular weight excluding hydrogens is 226 g/mol. The van der Waals surface area contributed by atoms with Gasteiger partial charge in [-0.25, -0.2) is 0 Å². The summed E-state index contributed by atoms with van der Waals surface area (Å²) in [5.74, 6) is 0.931. The molecule has 0 aliphatic rings. The van der Waals surface area contributed by atoms with Gasteiger partial charge in [0.05, 0.1) is 6.61 Å². The molecular formula is C15H25NO2. The summed E-state index contributed by atoms with van der Waals surface area (Å²) in [6.45, 7) is 10.8. The van der Waals surface area contributed by atoms with Crippen LogP contribution < -0.4 is 4.74 Å². The molecule has 0 spiro atoms. The number of ether oxygens (including phenoxy) is 1. The fourth-order valence-corrected chi connectivity index (χ4v) is 2.05. The third-order valence-corrected chi connectivity index (χ3v) is 2.96. The number of benzene rings is 1. The van der Waals surface area contributed by atoms with Crippen LogP contribution in [0.25, 0.3) is 0 Å². The highest BCUT2D eigenvalue weighted by Crippen LogP contribution is 2.16. The summed E-state index contributed by atoms with van der Waals surface area (Å²) in [4.78, 5) is 2.21. The molecule has 3 nitrogen and oxygen atoms in total. The van der Waals surface area contributed by atoms with Gasteiger partial charge in [0.25, 0.3) is 0 Å². The Morgan fingerprint density at radius 1 is 1.11 bits per heavy atom. The second-order valence-electron chi connectivity index (χ2n) is 5.03. The number of nitrogens with zero attached hydrogens (tertiary/aromatic N) is 1. The summed E-state index contributed by atoms with van der Waals surface area (Å²) in [6, 6.07) is 6.68. The first-order valence-corrected chi connectivity index (χ1v) is 6.59. The topological polar surface area (TPSA) is 32.7 Å². The Kier molecular flexibility index (Phi) is 6.16. The summed E-state index contributed by atoms with van der Waals surface area (Å²) in [5, 5.41) is 8.99. The minimum absolute atomic E-state index is 0.196. The van der Waals surface area contributed by atoms with Gasteiger partial charge in [0.1, 0.15) is 12.4 Å². The van der Waals surface area contributed by atoms with E-state index in [9.17, 15) is 0 Å². The monoisotopic (exact) mass is 251 g/mol.